The maximum absolute atomic E-state index is 11.9. The van der Waals surface area contributed by atoms with Crippen LogP contribution in [0.25, 0.3) is 6.08 Å². The summed E-state index contributed by atoms with van der Waals surface area (Å²) in [4.78, 5) is 24.9. The second-order valence-electron chi connectivity index (χ2n) is 4.25. The molecule has 0 unspecified atom stereocenters. The molecule has 5 nitrogen and oxygen atoms in total. The number of amides is 2. The maximum atomic E-state index is 11.9. The van der Waals surface area contributed by atoms with E-state index in [1.54, 1.807) is 30.1 Å². The molecule has 5 heteroatoms. The zero-order valence-electron chi connectivity index (χ0n) is 10.5. The van der Waals surface area contributed by atoms with E-state index >= 15 is 0 Å². The Balaban J connectivity index is 2.06. The van der Waals surface area contributed by atoms with Crippen molar-refractivity contribution < 1.29 is 9.59 Å². The van der Waals surface area contributed by atoms with Crippen LogP contribution >= 0.6 is 0 Å². The number of carbonyl (C=O) groups excluding carboxylic acids is 2. The van der Waals surface area contributed by atoms with Gasteiger partial charge < -0.3 is 0 Å². The van der Waals surface area contributed by atoms with Crippen molar-refractivity contribution in [1.29, 1.82) is 0 Å². The second kappa shape index (κ2) is 5.00. The van der Waals surface area contributed by atoms with E-state index in [2.05, 4.69) is 5.10 Å². The predicted molar refractivity (Wildman–Crippen MR) is 67.3 cm³/mol. The first-order chi connectivity index (χ1) is 8.58. The Morgan fingerprint density at radius 3 is 2.94 bits per heavy atom. The summed E-state index contributed by atoms with van der Waals surface area (Å²) in [6.07, 6.45) is 9.12. The lowest BCUT2D eigenvalue weighted by Gasteiger charge is -2.22. The van der Waals surface area contributed by atoms with Gasteiger partial charge in [-0.3, -0.25) is 19.2 Å². The van der Waals surface area contributed by atoms with E-state index in [9.17, 15) is 9.59 Å². The van der Waals surface area contributed by atoms with Crippen LogP contribution in [0.5, 0.6) is 0 Å². The molecular formula is C13H15N3O2. The van der Waals surface area contributed by atoms with Gasteiger partial charge in [-0.1, -0.05) is 6.08 Å². The summed E-state index contributed by atoms with van der Waals surface area (Å²) >= 11 is 0. The quantitative estimate of drug-likeness (QED) is 0.734. The Hall–Kier alpha value is -2.17. The number of carbonyl (C=O) groups is 2. The first-order valence-electron chi connectivity index (χ1n) is 5.77. The van der Waals surface area contributed by atoms with Crippen LogP contribution in [0, 0.1) is 0 Å². The van der Waals surface area contributed by atoms with Crippen LogP contribution in [0.3, 0.4) is 0 Å². The number of aromatic nitrogens is 2. The minimum absolute atomic E-state index is 0.206. The van der Waals surface area contributed by atoms with Gasteiger partial charge in [-0.2, -0.15) is 5.10 Å². The van der Waals surface area contributed by atoms with E-state index in [4.69, 9.17) is 0 Å². The third-order valence-electron chi connectivity index (χ3n) is 2.79. The molecule has 1 aromatic heterocycles. The first kappa shape index (κ1) is 12.3. The summed E-state index contributed by atoms with van der Waals surface area (Å²) in [7, 11) is 1.81. The van der Waals surface area contributed by atoms with E-state index in [-0.39, 0.29) is 11.8 Å². The van der Waals surface area contributed by atoms with Crippen molar-refractivity contribution in [3.63, 3.8) is 0 Å². The molecule has 0 atom stereocenters. The van der Waals surface area contributed by atoms with Crippen LogP contribution in [0.4, 0.5) is 0 Å². The highest BCUT2D eigenvalue weighted by Gasteiger charge is 2.22. The Kier molecular flexibility index (Phi) is 3.41. The van der Waals surface area contributed by atoms with Gasteiger partial charge in [0.05, 0.1) is 6.20 Å². The Bertz CT molecular complexity index is 540. The Labute approximate surface area is 105 Å². The largest absolute Gasteiger partial charge is 0.275 e. The molecule has 1 aromatic rings. The van der Waals surface area contributed by atoms with E-state index in [1.165, 1.54) is 11.0 Å². The van der Waals surface area contributed by atoms with E-state index < -0.39 is 0 Å². The number of imide groups is 1. The van der Waals surface area contributed by atoms with Crippen molar-refractivity contribution in [2.75, 3.05) is 6.54 Å². The molecule has 2 rings (SSSR count). The molecule has 0 radical (unpaired) electrons. The highest BCUT2D eigenvalue weighted by Crippen LogP contribution is 2.11. The summed E-state index contributed by atoms with van der Waals surface area (Å²) < 4.78 is 1.66. The summed E-state index contributed by atoms with van der Waals surface area (Å²) in [6.45, 7) is 2.18. The zero-order valence-corrected chi connectivity index (χ0v) is 10.5. The molecule has 0 aliphatic carbocycles. The lowest BCUT2D eigenvalue weighted by molar-refractivity contribution is -0.139. The van der Waals surface area contributed by atoms with E-state index in [1.807, 2.05) is 13.1 Å². The Morgan fingerprint density at radius 1 is 1.50 bits per heavy atom. The van der Waals surface area contributed by atoms with Gasteiger partial charge >= 0.3 is 0 Å². The maximum Gasteiger partial charge on any atom is 0.256 e. The predicted octanol–water partition coefficient (Wildman–Crippen LogP) is 1.14. The number of hydrogen-bond donors (Lipinski definition) is 0. The van der Waals surface area contributed by atoms with Crippen molar-refractivity contribution in [3.05, 3.63) is 35.7 Å². The molecular weight excluding hydrogens is 230 g/mol. The van der Waals surface area contributed by atoms with E-state index in [0.717, 1.165) is 12.0 Å². The normalized spacial score (nSPS) is 16.2. The first-order valence-corrected chi connectivity index (χ1v) is 5.77. The molecule has 0 N–H and O–H groups in total. The molecule has 18 heavy (non-hydrogen) atoms. The SMILES string of the molecule is CC1=CCCN(C(=O)/C=C/c2cnn(C)c2)C1=O. The molecule has 0 bridgehead atoms. The fourth-order valence-electron chi connectivity index (χ4n) is 1.81. The summed E-state index contributed by atoms with van der Waals surface area (Å²) in [5.41, 5.74) is 1.46. The van der Waals surface area contributed by atoms with Crippen molar-refractivity contribution in [2.45, 2.75) is 13.3 Å². The molecule has 0 fully saturated rings. The number of aryl methyl sites for hydroxylation is 1. The van der Waals surface area contributed by atoms with E-state index in [0.29, 0.717) is 12.1 Å². The van der Waals surface area contributed by atoms with Crippen LogP contribution in [0.15, 0.2) is 30.1 Å². The molecule has 94 valence electrons. The summed E-state index contributed by atoms with van der Waals surface area (Å²) in [6, 6.07) is 0. The average molecular weight is 245 g/mol. The van der Waals surface area contributed by atoms with Crippen LogP contribution in [-0.4, -0.2) is 33.0 Å². The lowest BCUT2D eigenvalue weighted by atomic mass is 10.1. The van der Waals surface area contributed by atoms with Crippen LogP contribution in [-0.2, 0) is 16.6 Å². The van der Waals surface area contributed by atoms with Gasteiger partial charge in [0.15, 0.2) is 0 Å². The van der Waals surface area contributed by atoms with Gasteiger partial charge in [0.25, 0.3) is 11.8 Å². The molecule has 0 saturated carbocycles. The standard InChI is InChI=1S/C13H15N3O2/c1-10-4-3-7-16(13(10)18)12(17)6-5-11-8-14-15(2)9-11/h4-6,8-9H,3,7H2,1-2H3/b6-5+. The molecule has 2 amide bonds. The highest BCUT2D eigenvalue weighted by molar-refractivity contribution is 6.09. The van der Waals surface area contributed by atoms with Gasteiger partial charge in [0.1, 0.15) is 0 Å². The third-order valence-corrected chi connectivity index (χ3v) is 2.79. The van der Waals surface area contributed by atoms with Crippen LogP contribution in [0.2, 0.25) is 0 Å². The summed E-state index contributed by atoms with van der Waals surface area (Å²) in [5.74, 6) is -0.488. The van der Waals surface area contributed by atoms with Gasteiger partial charge in [-0.25, -0.2) is 0 Å². The minimum Gasteiger partial charge on any atom is -0.275 e. The molecule has 1 aliphatic heterocycles. The third kappa shape index (κ3) is 2.56. The van der Waals surface area contributed by atoms with Crippen molar-refractivity contribution in [1.82, 2.24) is 14.7 Å². The molecule has 0 aromatic carbocycles. The minimum atomic E-state index is -0.281. The monoisotopic (exact) mass is 245 g/mol. The topological polar surface area (TPSA) is 55.2 Å². The number of hydrogen-bond acceptors (Lipinski definition) is 3. The Morgan fingerprint density at radius 2 is 2.28 bits per heavy atom. The molecule has 1 aliphatic rings. The fourth-order valence-corrected chi connectivity index (χ4v) is 1.81. The van der Waals surface area contributed by atoms with Gasteiger partial charge in [-0.15, -0.1) is 0 Å². The van der Waals surface area contributed by atoms with Gasteiger partial charge in [0, 0.05) is 37.0 Å². The van der Waals surface area contributed by atoms with Gasteiger partial charge in [-0.05, 0) is 19.4 Å². The highest BCUT2D eigenvalue weighted by atomic mass is 16.2. The molecule has 0 saturated heterocycles. The van der Waals surface area contributed by atoms with Crippen LogP contribution < -0.4 is 0 Å². The van der Waals surface area contributed by atoms with Gasteiger partial charge in [0.2, 0.25) is 0 Å². The van der Waals surface area contributed by atoms with Crippen molar-refractivity contribution in [2.24, 2.45) is 7.05 Å². The number of nitrogens with zero attached hydrogens (tertiary/aromatic N) is 3. The zero-order chi connectivity index (χ0) is 13.1. The lowest BCUT2D eigenvalue weighted by Crippen LogP contribution is -2.39. The molecule has 2 heterocycles. The van der Waals surface area contributed by atoms with Crippen molar-refractivity contribution in [3.8, 4) is 0 Å². The smallest absolute Gasteiger partial charge is 0.256 e. The van der Waals surface area contributed by atoms with Crippen LogP contribution in [0.1, 0.15) is 18.9 Å². The average Bonchev–Trinajstić information content (AvgIpc) is 2.76. The number of rotatable bonds is 2. The second-order valence-corrected chi connectivity index (χ2v) is 4.25. The van der Waals surface area contributed by atoms with Crippen molar-refractivity contribution >= 4 is 17.9 Å². The molecule has 0 spiro atoms. The summed E-state index contributed by atoms with van der Waals surface area (Å²) in [5, 5.41) is 4.00. The fraction of sp³-hybridized carbons (Fsp3) is 0.308.